The zero-order chi connectivity index (χ0) is 18.5. The predicted octanol–water partition coefficient (Wildman–Crippen LogP) is 2.47. The number of hydrogen-bond donors (Lipinski definition) is 2. The van der Waals surface area contributed by atoms with Gasteiger partial charge in [0.05, 0.1) is 5.56 Å². The van der Waals surface area contributed by atoms with E-state index in [0.29, 0.717) is 0 Å². The molecule has 0 aliphatic carbocycles. The zero-order valence-electron chi connectivity index (χ0n) is 13.4. The summed E-state index contributed by atoms with van der Waals surface area (Å²) in [6.45, 7) is 3.91. The van der Waals surface area contributed by atoms with Crippen LogP contribution in [-0.2, 0) is 15.8 Å². The maximum absolute atomic E-state index is 12.9. The molecule has 0 saturated carbocycles. The van der Waals surface area contributed by atoms with Crippen LogP contribution in [0.1, 0.15) is 26.3 Å². The van der Waals surface area contributed by atoms with E-state index in [2.05, 4.69) is 17.3 Å². The van der Waals surface area contributed by atoms with E-state index < -0.39 is 35.7 Å². The molecule has 0 spiro atoms. The molecule has 0 saturated heterocycles. The summed E-state index contributed by atoms with van der Waals surface area (Å²) in [7, 11) is 0. The third-order valence-corrected chi connectivity index (χ3v) is 3.00. The summed E-state index contributed by atoms with van der Waals surface area (Å²) in [5.74, 6) is 1.05. The summed E-state index contributed by atoms with van der Waals surface area (Å²) in [5.41, 5.74) is -1.98. The number of carboxylic acid groups (broad SMARTS) is 1. The molecule has 0 aliphatic rings. The lowest BCUT2D eigenvalue weighted by Crippen LogP contribution is -2.46. The van der Waals surface area contributed by atoms with E-state index in [0.717, 1.165) is 17.0 Å². The standard InChI is InChI=1S/C16H17F3N2O3/c1-11(22)21(15(2,3)7-8-20-10-14(23)24)13-6-4-5-12(9-13)16(17,18)19/h4-6,9,20H,10H2,1-3H3,(H,23,24). The highest BCUT2D eigenvalue weighted by molar-refractivity contribution is 5.93. The van der Waals surface area contributed by atoms with E-state index in [1.54, 1.807) is 13.8 Å². The highest BCUT2D eigenvalue weighted by Gasteiger charge is 2.33. The predicted molar refractivity (Wildman–Crippen MR) is 82.1 cm³/mol. The lowest BCUT2D eigenvalue weighted by atomic mass is 10.0. The number of alkyl halides is 3. The van der Waals surface area contributed by atoms with Gasteiger partial charge in [0.1, 0.15) is 12.1 Å². The van der Waals surface area contributed by atoms with Crippen LogP contribution in [0.2, 0.25) is 0 Å². The van der Waals surface area contributed by atoms with Crippen LogP contribution in [0.25, 0.3) is 0 Å². The van der Waals surface area contributed by atoms with Crippen LogP contribution in [0.5, 0.6) is 0 Å². The second kappa shape index (κ2) is 7.25. The third-order valence-electron chi connectivity index (χ3n) is 3.00. The first-order chi connectivity index (χ1) is 10.9. The SMILES string of the molecule is CC(=O)N(c1cccc(C(F)(F)F)c1)C(C)(C)C#CNCC(=O)O. The molecule has 130 valence electrons. The summed E-state index contributed by atoms with van der Waals surface area (Å²) in [6.07, 6.45) is -4.53. The van der Waals surface area contributed by atoms with Gasteiger partial charge >= 0.3 is 12.1 Å². The van der Waals surface area contributed by atoms with Crippen LogP contribution in [-0.4, -0.2) is 29.1 Å². The van der Waals surface area contributed by atoms with Crippen molar-refractivity contribution in [1.82, 2.24) is 5.32 Å². The molecule has 0 aromatic heterocycles. The molecular weight excluding hydrogens is 325 g/mol. The van der Waals surface area contributed by atoms with Crippen molar-refractivity contribution in [3.63, 3.8) is 0 Å². The molecule has 0 atom stereocenters. The molecule has 8 heteroatoms. The molecule has 0 bridgehead atoms. The van der Waals surface area contributed by atoms with Crippen molar-refractivity contribution in [3.05, 3.63) is 29.8 Å². The van der Waals surface area contributed by atoms with E-state index in [4.69, 9.17) is 5.11 Å². The molecule has 1 amide bonds. The van der Waals surface area contributed by atoms with Crippen LogP contribution in [0.3, 0.4) is 0 Å². The lowest BCUT2D eigenvalue weighted by Gasteiger charge is -2.34. The largest absolute Gasteiger partial charge is 0.480 e. The Morgan fingerprint density at radius 3 is 2.42 bits per heavy atom. The summed E-state index contributed by atoms with van der Waals surface area (Å²) in [6, 6.07) is 6.78. The van der Waals surface area contributed by atoms with Crippen LogP contribution in [0.4, 0.5) is 18.9 Å². The van der Waals surface area contributed by atoms with Crippen molar-refractivity contribution >= 4 is 17.6 Å². The van der Waals surface area contributed by atoms with Gasteiger partial charge in [-0.15, -0.1) is 0 Å². The zero-order valence-corrected chi connectivity index (χ0v) is 13.4. The number of hydrogen-bond acceptors (Lipinski definition) is 3. The molecule has 0 aliphatic heterocycles. The quantitative estimate of drug-likeness (QED) is 0.651. The number of benzene rings is 1. The molecular formula is C16H17F3N2O3. The van der Waals surface area contributed by atoms with E-state index in [1.807, 2.05) is 0 Å². The number of amides is 1. The van der Waals surface area contributed by atoms with Crippen molar-refractivity contribution in [2.75, 3.05) is 11.4 Å². The van der Waals surface area contributed by atoms with Gasteiger partial charge in [-0.25, -0.2) is 0 Å². The summed E-state index contributed by atoms with van der Waals surface area (Å²) in [5, 5.41) is 10.9. The summed E-state index contributed by atoms with van der Waals surface area (Å²) >= 11 is 0. The lowest BCUT2D eigenvalue weighted by molar-refractivity contribution is -0.138. The van der Waals surface area contributed by atoms with Crippen molar-refractivity contribution in [2.45, 2.75) is 32.5 Å². The average Bonchev–Trinajstić information content (AvgIpc) is 2.42. The Morgan fingerprint density at radius 2 is 1.92 bits per heavy atom. The van der Waals surface area contributed by atoms with Gasteiger partial charge < -0.3 is 10.4 Å². The second-order valence-corrected chi connectivity index (χ2v) is 5.46. The topological polar surface area (TPSA) is 69.6 Å². The van der Waals surface area contributed by atoms with Gasteiger partial charge in [-0.3, -0.25) is 14.5 Å². The Hall–Kier alpha value is -2.69. The first-order valence-electron chi connectivity index (χ1n) is 6.90. The van der Waals surface area contributed by atoms with Gasteiger partial charge in [-0.1, -0.05) is 12.0 Å². The first-order valence-corrected chi connectivity index (χ1v) is 6.90. The van der Waals surface area contributed by atoms with Crippen LogP contribution in [0.15, 0.2) is 24.3 Å². The van der Waals surface area contributed by atoms with Gasteiger partial charge in [0.2, 0.25) is 5.91 Å². The Labute approximate surface area is 137 Å². The van der Waals surface area contributed by atoms with E-state index >= 15 is 0 Å². The Morgan fingerprint density at radius 1 is 1.29 bits per heavy atom. The number of carbonyl (C=O) groups is 2. The van der Waals surface area contributed by atoms with E-state index in [9.17, 15) is 22.8 Å². The summed E-state index contributed by atoms with van der Waals surface area (Å²) < 4.78 is 38.6. The molecule has 0 heterocycles. The fourth-order valence-corrected chi connectivity index (χ4v) is 2.09. The number of halogens is 3. The number of carbonyl (C=O) groups excluding carboxylic acids is 1. The molecule has 5 nitrogen and oxygen atoms in total. The van der Waals surface area contributed by atoms with Gasteiger partial charge in [0.15, 0.2) is 0 Å². The Kier molecular flexibility index (Phi) is 5.85. The van der Waals surface area contributed by atoms with Crippen LogP contribution in [0, 0.1) is 12.0 Å². The molecule has 0 unspecified atom stereocenters. The number of anilines is 1. The number of carboxylic acids is 1. The van der Waals surface area contributed by atoms with Gasteiger partial charge in [-0.05, 0) is 32.0 Å². The smallest absolute Gasteiger partial charge is 0.416 e. The highest BCUT2D eigenvalue weighted by atomic mass is 19.4. The fraction of sp³-hybridized carbons (Fsp3) is 0.375. The maximum Gasteiger partial charge on any atom is 0.416 e. The van der Waals surface area contributed by atoms with E-state index in [1.165, 1.54) is 19.1 Å². The molecule has 1 aromatic rings. The Balaban J connectivity index is 3.19. The van der Waals surface area contributed by atoms with Gasteiger partial charge in [0.25, 0.3) is 0 Å². The monoisotopic (exact) mass is 342 g/mol. The van der Waals surface area contributed by atoms with Crippen molar-refractivity contribution in [3.8, 4) is 12.0 Å². The number of aliphatic carboxylic acids is 1. The minimum Gasteiger partial charge on any atom is -0.480 e. The molecule has 24 heavy (non-hydrogen) atoms. The second-order valence-electron chi connectivity index (χ2n) is 5.46. The molecule has 1 rings (SSSR count). The van der Waals surface area contributed by atoms with Crippen molar-refractivity contribution < 1.29 is 27.9 Å². The third kappa shape index (κ3) is 5.19. The average molecular weight is 342 g/mol. The van der Waals surface area contributed by atoms with Gasteiger partial charge in [0, 0.05) is 18.7 Å². The maximum atomic E-state index is 12.9. The summed E-state index contributed by atoms with van der Waals surface area (Å²) in [4.78, 5) is 23.5. The molecule has 0 radical (unpaired) electrons. The molecule has 2 N–H and O–H groups in total. The van der Waals surface area contributed by atoms with Crippen molar-refractivity contribution in [1.29, 1.82) is 0 Å². The number of rotatable bonds is 4. The minimum atomic E-state index is -4.53. The Bertz CT molecular complexity index is 688. The van der Waals surface area contributed by atoms with Gasteiger partial charge in [-0.2, -0.15) is 13.2 Å². The molecule has 1 aromatic carbocycles. The normalized spacial score (nSPS) is 11.2. The van der Waals surface area contributed by atoms with E-state index in [-0.39, 0.29) is 5.69 Å². The first kappa shape index (κ1) is 19.4. The van der Waals surface area contributed by atoms with Crippen LogP contribution >= 0.6 is 0 Å². The highest BCUT2D eigenvalue weighted by Crippen LogP contribution is 2.33. The number of nitrogens with zero attached hydrogens (tertiary/aromatic N) is 1. The number of nitrogens with one attached hydrogen (secondary N) is 1. The minimum absolute atomic E-state index is 0.0508. The fourth-order valence-electron chi connectivity index (χ4n) is 2.09. The van der Waals surface area contributed by atoms with Crippen molar-refractivity contribution in [2.24, 2.45) is 0 Å². The molecule has 0 fully saturated rings. The van der Waals surface area contributed by atoms with Crippen LogP contribution < -0.4 is 10.2 Å².